The zero-order chi connectivity index (χ0) is 17.6. The summed E-state index contributed by atoms with van der Waals surface area (Å²) in [7, 11) is 0. The molecule has 0 spiro atoms. The van der Waals surface area contributed by atoms with Gasteiger partial charge in [-0.2, -0.15) is 0 Å². The lowest BCUT2D eigenvalue weighted by Crippen LogP contribution is -2.47. The lowest BCUT2D eigenvalue weighted by atomic mass is 10.1. The second kappa shape index (κ2) is 8.03. The maximum absolute atomic E-state index is 12.1. The predicted molar refractivity (Wildman–Crippen MR) is 98.7 cm³/mol. The van der Waals surface area contributed by atoms with Crippen LogP contribution in [0.4, 0.5) is 5.69 Å². The van der Waals surface area contributed by atoms with Gasteiger partial charge in [0.2, 0.25) is 11.8 Å². The summed E-state index contributed by atoms with van der Waals surface area (Å²) >= 11 is 6.07. The number of piperazine rings is 1. The third-order valence-corrected chi connectivity index (χ3v) is 4.51. The summed E-state index contributed by atoms with van der Waals surface area (Å²) < 4.78 is 0. The van der Waals surface area contributed by atoms with Crippen molar-refractivity contribution in [3.8, 4) is 0 Å². The fraction of sp³-hybridized carbons (Fsp3) is 0.263. The van der Waals surface area contributed by atoms with Gasteiger partial charge in [-0.1, -0.05) is 41.9 Å². The van der Waals surface area contributed by atoms with E-state index in [0.29, 0.717) is 24.7 Å². The molecule has 0 aromatic heterocycles. The maximum Gasteiger partial charge on any atom is 0.239 e. The number of rotatable bonds is 5. The van der Waals surface area contributed by atoms with Crippen molar-refractivity contribution >= 4 is 29.1 Å². The summed E-state index contributed by atoms with van der Waals surface area (Å²) in [5.41, 5.74) is 2.85. The van der Waals surface area contributed by atoms with Crippen molar-refractivity contribution in [2.75, 3.05) is 24.5 Å². The normalized spacial score (nSPS) is 14.1. The summed E-state index contributed by atoms with van der Waals surface area (Å²) in [5.74, 6) is -0.0213. The van der Waals surface area contributed by atoms with Gasteiger partial charge in [0.25, 0.3) is 0 Å². The number of benzene rings is 2. The number of hydrogen-bond donors (Lipinski definition) is 2. The topological polar surface area (TPSA) is 61.4 Å². The molecule has 0 bridgehead atoms. The molecule has 1 heterocycles. The zero-order valence-electron chi connectivity index (χ0n) is 13.8. The van der Waals surface area contributed by atoms with Crippen LogP contribution in [0.1, 0.15) is 11.1 Å². The molecule has 6 heteroatoms. The van der Waals surface area contributed by atoms with E-state index in [1.165, 1.54) is 0 Å². The average molecular weight is 358 g/mol. The van der Waals surface area contributed by atoms with Gasteiger partial charge >= 0.3 is 0 Å². The molecule has 2 N–H and O–H groups in total. The van der Waals surface area contributed by atoms with E-state index in [1.54, 1.807) is 6.07 Å². The van der Waals surface area contributed by atoms with E-state index in [4.69, 9.17) is 11.6 Å². The van der Waals surface area contributed by atoms with E-state index in [-0.39, 0.29) is 18.2 Å². The Kier molecular flexibility index (Phi) is 5.56. The fourth-order valence-electron chi connectivity index (χ4n) is 2.76. The van der Waals surface area contributed by atoms with Gasteiger partial charge in [-0.25, -0.2) is 0 Å². The van der Waals surface area contributed by atoms with Crippen molar-refractivity contribution in [2.45, 2.75) is 13.0 Å². The standard InChI is InChI=1S/C19H20ClN3O2/c20-17-4-2-1-3-15(17)11-18(24)22-12-14-5-7-16(8-6-14)23-10-9-21-19(25)13-23/h1-8H,9-13H2,(H,21,25)(H,22,24). The highest BCUT2D eigenvalue weighted by atomic mass is 35.5. The SMILES string of the molecule is O=C(Cc1ccccc1Cl)NCc1ccc(N2CCNC(=O)C2)cc1. The second-order valence-corrected chi connectivity index (χ2v) is 6.39. The molecule has 3 rings (SSSR count). The molecule has 0 unspecified atom stereocenters. The summed E-state index contributed by atoms with van der Waals surface area (Å²) in [6.45, 7) is 2.32. The van der Waals surface area contributed by atoms with Crippen LogP contribution < -0.4 is 15.5 Å². The van der Waals surface area contributed by atoms with Gasteiger partial charge < -0.3 is 15.5 Å². The monoisotopic (exact) mass is 357 g/mol. The number of hydrogen-bond acceptors (Lipinski definition) is 3. The van der Waals surface area contributed by atoms with Crippen LogP contribution in [0, 0.1) is 0 Å². The Balaban J connectivity index is 1.52. The lowest BCUT2D eigenvalue weighted by molar-refractivity contribution is -0.121. The van der Waals surface area contributed by atoms with E-state index in [0.717, 1.165) is 23.4 Å². The second-order valence-electron chi connectivity index (χ2n) is 5.98. The molecule has 0 aliphatic carbocycles. The summed E-state index contributed by atoms with van der Waals surface area (Å²) in [6, 6.07) is 15.2. The highest BCUT2D eigenvalue weighted by Gasteiger charge is 2.16. The third kappa shape index (κ3) is 4.73. The minimum atomic E-state index is -0.0649. The molecule has 0 radical (unpaired) electrons. The van der Waals surface area contributed by atoms with Gasteiger partial charge in [-0.15, -0.1) is 0 Å². The number of carbonyl (C=O) groups excluding carboxylic acids is 2. The molecule has 1 aliphatic heterocycles. The molecule has 130 valence electrons. The molecule has 0 atom stereocenters. The molecule has 0 saturated carbocycles. The first-order chi connectivity index (χ1) is 12.1. The van der Waals surface area contributed by atoms with Gasteiger partial charge in [-0.3, -0.25) is 9.59 Å². The highest BCUT2D eigenvalue weighted by Crippen LogP contribution is 2.17. The van der Waals surface area contributed by atoms with Crippen LogP contribution in [-0.4, -0.2) is 31.4 Å². The first-order valence-electron chi connectivity index (χ1n) is 8.22. The van der Waals surface area contributed by atoms with Gasteiger partial charge in [0, 0.05) is 30.3 Å². The van der Waals surface area contributed by atoms with Crippen LogP contribution in [-0.2, 0) is 22.6 Å². The van der Waals surface area contributed by atoms with Crippen LogP contribution in [0.2, 0.25) is 5.02 Å². The minimum absolute atomic E-state index is 0.0437. The molecular formula is C19H20ClN3O2. The van der Waals surface area contributed by atoms with Crippen molar-refractivity contribution in [2.24, 2.45) is 0 Å². The Bertz CT molecular complexity index is 762. The van der Waals surface area contributed by atoms with Crippen LogP contribution in [0.3, 0.4) is 0 Å². The Morgan fingerprint density at radius 1 is 1.16 bits per heavy atom. The van der Waals surface area contributed by atoms with Crippen molar-refractivity contribution in [1.82, 2.24) is 10.6 Å². The number of anilines is 1. The van der Waals surface area contributed by atoms with E-state index < -0.39 is 0 Å². The molecule has 25 heavy (non-hydrogen) atoms. The largest absolute Gasteiger partial charge is 0.360 e. The summed E-state index contributed by atoms with van der Waals surface area (Å²) in [4.78, 5) is 25.6. The van der Waals surface area contributed by atoms with Gasteiger partial charge in [0.05, 0.1) is 13.0 Å². The van der Waals surface area contributed by atoms with E-state index in [1.807, 2.05) is 47.4 Å². The molecule has 2 aromatic rings. The number of nitrogens with one attached hydrogen (secondary N) is 2. The van der Waals surface area contributed by atoms with Crippen LogP contribution in [0.5, 0.6) is 0 Å². The molecule has 2 amide bonds. The lowest BCUT2D eigenvalue weighted by Gasteiger charge is -2.28. The van der Waals surface area contributed by atoms with Crippen LogP contribution >= 0.6 is 11.6 Å². The van der Waals surface area contributed by atoms with Gasteiger partial charge in [-0.05, 0) is 29.3 Å². The number of carbonyl (C=O) groups is 2. The van der Waals surface area contributed by atoms with E-state index in [9.17, 15) is 9.59 Å². The van der Waals surface area contributed by atoms with E-state index >= 15 is 0 Å². The summed E-state index contributed by atoms with van der Waals surface area (Å²) in [5, 5.41) is 6.32. The Morgan fingerprint density at radius 2 is 1.92 bits per heavy atom. The first kappa shape index (κ1) is 17.3. The Morgan fingerprint density at radius 3 is 2.64 bits per heavy atom. The molecule has 2 aromatic carbocycles. The number of amides is 2. The van der Waals surface area contributed by atoms with Gasteiger partial charge in [0.15, 0.2) is 0 Å². The smallest absolute Gasteiger partial charge is 0.239 e. The quantitative estimate of drug-likeness (QED) is 0.861. The molecule has 5 nitrogen and oxygen atoms in total. The molecular weight excluding hydrogens is 338 g/mol. The first-order valence-corrected chi connectivity index (χ1v) is 8.60. The minimum Gasteiger partial charge on any atom is -0.360 e. The summed E-state index contributed by atoms with van der Waals surface area (Å²) in [6.07, 6.45) is 0.265. The van der Waals surface area contributed by atoms with Crippen molar-refractivity contribution in [3.63, 3.8) is 0 Å². The number of nitrogens with zero attached hydrogens (tertiary/aromatic N) is 1. The predicted octanol–water partition coefficient (Wildman–Crippen LogP) is 2.14. The van der Waals surface area contributed by atoms with E-state index in [2.05, 4.69) is 10.6 Å². The van der Waals surface area contributed by atoms with Crippen molar-refractivity contribution < 1.29 is 9.59 Å². The average Bonchev–Trinajstić information content (AvgIpc) is 2.62. The molecule has 1 aliphatic rings. The molecule has 1 fully saturated rings. The Hall–Kier alpha value is -2.53. The number of halogens is 1. The third-order valence-electron chi connectivity index (χ3n) is 4.14. The van der Waals surface area contributed by atoms with Crippen molar-refractivity contribution in [1.29, 1.82) is 0 Å². The van der Waals surface area contributed by atoms with Gasteiger partial charge in [0.1, 0.15) is 0 Å². The van der Waals surface area contributed by atoms with Crippen LogP contribution in [0.25, 0.3) is 0 Å². The zero-order valence-corrected chi connectivity index (χ0v) is 14.6. The van der Waals surface area contributed by atoms with Crippen molar-refractivity contribution in [3.05, 3.63) is 64.7 Å². The van der Waals surface area contributed by atoms with Crippen LogP contribution in [0.15, 0.2) is 48.5 Å². The molecule has 1 saturated heterocycles. The Labute approximate surface area is 152 Å². The fourth-order valence-corrected chi connectivity index (χ4v) is 2.96. The maximum atomic E-state index is 12.1. The highest BCUT2D eigenvalue weighted by molar-refractivity contribution is 6.31.